The van der Waals surface area contributed by atoms with Gasteiger partial charge < -0.3 is 10.1 Å². The fourth-order valence-electron chi connectivity index (χ4n) is 2.64. The van der Waals surface area contributed by atoms with Gasteiger partial charge in [0.1, 0.15) is 0 Å². The van der Waals surface area contributed by atoms with Crippen LogP contribution >= 0.6 is 11.5 Å². The van der Waals surface area contributed by atoms with Crippen LogP contribution in [0.1, 0.15) is 32.1 Å². The van der Waals surface area contributed by atoms with Gasteiger partial charge in [0, 0.05) is 6.04 Å². The van der Waals surface area contributed by atoms with E-state index in [0.717, 1.165) is 24.3 Å². The zero-order valence-corrected chi connectivity index (χ0v) is 11.9. The highest BCUT2D eigenvalue weighted by atomic mass is 32.1. The van der Waals surface area contributed by atoms with Crippen molar-refractivity contribution in [1.82, 2.24) is 9.69 Å². The molecule has 1 saturated heterocycles. The monoisotopic (exact) mass is 276 g/mol. The molecule has 0 saturated carbocycles. The van der Waals surface area contributed by atoms with Crippen molar-refractivity contribution in [3.05, 3.63) is 24.3 Å². The first-order valence-corrected chi connectivity index (χ1v) is 7.91. The van der Waals surface area contributed by atoms with Crippen molar-refractivity contribution in [1.29, 1.82) is 0 Å². The Balaban J connectivity index is 1.47. The number of fused-ring (bicyclic) bond motifs is 1. The second-order valence-corrected chi connectivity index (χ2v) is 5.93. The molecule has 19 heavy (non-hydrogen) atoms. The average molecular weight is 276 g/mol. The molecule has 0 aliphatic carbocycles. The summed E-state index contributed by atoms with van der Waals surface area (Å²) >= 11 is 1.51. The van der Waals surface area contributed by atoms with Crippen molar-refractivity contribution >= 4 is 21.6 Å². The second kappa shape index (κ2) is 6.35. The highest BCUT2D eigenvalue weighted by molar-refractivity contribution is 7.13. The van der Waals surface area contributed by atoms with Gasteiger partial charge >= 0.3 is 0 Å². The van der Waals surface area contributed by atoms with Crippen molar-refractivity contribution in [2.75, 3.05) is 13.2 Å². The zero-order valence-electron chi connectivity index (χ0n) is 11.1. The minimum atomic E-state index is 0.699. The first-order chi connectivity index (χ1) is 9.43. The van der Waals surface area contributed by atoms with Crippen LogP contribution in [0.5, 0.6) is 5.88 Å². The number of rotatable bonds is 5. The summed E-state index contributed by atoms with van der Waals surface area (Å²) in [5.74, 6) is 0.803. The fraction of sp³-hybridized carbons (Fsp3) is 0.533. The van der Waals surface area contributed by atoms with Gasteiger partial charge in [-0.1, -0.05) is 18.6 Å². The molecule has 0 bridgehead atoms. The van der Waals surface area contributed by atoms with Gasteiger partial charge in [-0.15, -0.1) is 0 Å². The topological polar surface area (TPSA) is 34.1 Å². The summed E-state index contributed by atoms with van der Waals surface area (Å²) in [5, 5.41) is 4.72. The first kappa shape index (κ1) is 12.9. The normalized spacial score (nSPS) is 19.7. The Morgan fingerprint density at radius 3 is 3.16 bits per heavy atom. The van der Waals surface area contributed by atoms with Gasteiger partial charge in [-0.2, -0.15) is 4.37 Å². The van der Waals surface area contributed by atoms with Gasteiger partial charge in [-0.25, -0.2) is 0 Å². The molecule has 1 atom stereocenters. The molecular weight excluding hydrogens is 256 g/mol. The Morgan fingerprint density at radius 1 is 1.32 bits per heavy atom. The maximum absolute atomic E-state index is 5.82. The van der Waals surface area contributed by atoms with E-state index in [1.807, 2.05) is 12.1 Å². The van der Waals surface area contributed by atoms with Gasteiger partial charge in [-0.05, 0) is 55.9 Å². The number of hydrogen-bond acceptors (Lipinski definition) is 4. The number of piperidine rings is 1. The zero-order chi connectivity index (χ0) is 12.9. The van der Waals surface area contributed by atoms with E-state index in [-0.39, 0.29) is 0 Å². The molecule has 0 amide bonds. The smallest absolute Gasteiger partial charge is 0.233 e. The van der Waals surface area contributed by atoms with E-state index in [2.05, 4.69) is 21.8 Å². The van der Waals surface area contributed by atoms with Crippen LogP contribution in [-0.2, 0) is 0 Å². The lowest BCUT2D eigenvalue weighted by molar-refractivity contribution is 0.281. The van der Waals surface area contributed by atoms with E-state index < -0.39 is 0 Å². The first-order valence-electron chi connectivity index (χ1n) is 7.14. The number of hydrogen-bond donors (Lipinski definition) is 1. The molecule has 2 heterocycles. The molecule has 1 fully saturated rings. The Bertz CT molecular complexity index is 520. The molecule has 1 aromatic carbocycles. The molecule has 3 rings (SSSR count). The van der Waals surface area contributed by atoms with Crippen LogP contribution in [0.2, 0.25) is 0 Å². The summed E-state index contributed by atoms with van der Waals surface area (Å²) in [6.45, 7) is 1.95. The van der Waals surface area contributed by atoms with E-state index in [9.17, 15) is 0 Å². The molecule has 2 aromatic rings. The summed E-state index contributed by atoms with van der Waals surface area (Å²) in [6.07, 6.45) is 6.33. The molecule has 1 N–H and O–H groups in total. The number of benzene rings is 1. The highest BCUT2D eigenvalue weighted by Gasteiger charge is 2.12. The molecule has 1 aliphatic rings. The Kier molecular flexibility index (Phi) is 4.30. The fourth-order valence-corrected chi connectivity index (χ4v) is 3.36. The van der Waals surface area contributed by atoms with Crippen LogP contribution < -0.4 is 10.1 Å². The SMILES string of the molecule is c1ccc2c(OCCC[C@H]3CCCCN3)nsc2c1. The summed E-state index contributed by atoms with van der Waals surface area (Å²) in [6, 6.07) is 8.95. The van der Waals surface area contributed by atoms with Crippen molar-refractivity contribution in [2.24, 2.45) is 0 Å². The van der Waals surface area contributed by atoms with Crippen molar-refractivity contribution < 1.29 is 4.74 Å². The van der Waals surface area contributed by atoms with Crippen LogP contribution in [0.15, 0.2) is 24.3 Å². The standard InChI is InChI=1S/C15H20N2OS/c1-2-9-14-13(8-1)15(17-19-14)18-11-5-7-12-6-3-4-10-16-12/h1-2,8-9,12,16H,3-7,10-11H2/t12-/m1/s1. The second-order valence-electron chi connectivity index (χ2n) is 5.12. The molecule has 4 heteroatoms. The third-order valence-corrected chi connectivity index (χ3v) is 4.50. The summed E-state index contributed by atoms with van der Waals surface area (Å²) < 4.78 is 11.4. The minimum Gasteiger partial charge on any atom is -0.477 e. The Hall–Kier alpha value is -1.13. The summed E-state index contributed by atoms with van der Waals surface area (Å²) in [7, 11) is 0. The molecule has 102 valence electrons. The van der Waals surface area contributed by atoms with Crippen LogP contribution in [0.3, 0.4) is 0 Å². The van der Waals surface area contributed by atoms with Crippen molar-refractivity contribution in [3.8, 4) is 5.88 Å². The third-order valence-electron chi connectivity index (χ3n) is 3.69. The molecule has 1 aromatic heterocycles. The third kappa shape index (κ3) is 3.25. The predicted molar refractivity (Wildman–Crippen MR) is 80.0 cm³/mol. The Labute approximate surface area is 118 Å². The predicted octanol–water partition coefficient (Wildman–Crippen LogP) is 3.60. The maximum Gasteiger partial charge on any atom is 0.233 e. The van der Waals surface area contributed by atoms with Crippen LogP contribution in [0.25, 0.3) is 10.1 Å². The molecule has 0 spiro atoms. The van der Waals surface area contributed by atoms with Gasteiger partial charge in [0.15, 0.2) is 0 Å². The molecule has 1 aliphatic heterocycles. The Morgan fingerprint density at radius 2 is 2.26 bits per heavy atom. The van der Waals surface area contributed by atoms with E-state index in [1.54, 1.807) is 0 Å². The van der Waals surface area contributed by atoms with Crippen LogP contribution in [0, 0.1) is 0 Å². The number of nitrogens with zero attached hydrogens (tertiary/aromatic N) is 1. The van der Waals surface area contributed by atoms with Crippen LogP contribution in [-0.4, -0.2) is 23.6 Å². The summed E-state index contributed by atoms with van der Waals surface area (Å²) in [4.78, 5) is 0. The van der Waals surface area contributed by atoms with Gasteiger partial charge in [-0.3, -0.25) is 0 Å². The van der Waals surface area contributed by atoms with E-state index >= 15 is 0 Å². The maximum atomic E-state index is 5.82. The molecule has 3 nitrogen and oxygen atoms in total. The minimum absolute atomic E-state index is 0.699. The highest BCUT2D eigenvalue weighted by Crippen LogP contribution is 2.28. The van der Waals surface area contributed by atoms with E-state index in [1.165, 1.54) is 48.5 Å². The number of ether oxygens (including phenoxy) is 1. The van der Waals surface area contributed by atoms with E-state index in [0.29, 0.717) is 6.04 Å². The largest absolute Gasteiger partial charge is 0.477 e. The van der Waals surface area contributed by atoms with E-state index in [4.69, 9.17) is 4.74 Å². The summed E-state index contributed by atoms with van der Waals surface area (Å²) in [5.41, 5.74) is 0. The lowest BCUT2D eigenvalue weighted by Crippen LogP contribution is -2.34. The number of nitrogens with one attached hydrogen (secondary N) is 1. The molecular formula is C15H20N2OS. The number of aromatic nitrogens is 1. The molecule has 0 radical (unpaired) electrons. The lowest BCUT2D eigenvalue weighted by Gasteiger charge is -2.23. The molecule has 0 unspecified atom stereocenters. The van der Waals surface area contributed by atoms with Crippen molar-refractivity contribution in [2.45, 2.75) is 38.1 Å². The van der Waals surface area contributed by atoms with Crippen LogP contribution in [0.4, 0.5) is 0 Å². The average Bonchev–Trinajstić information content (AvgIpc) is 2.88. The van der Waals surface area contributed by atoms with Crippen molar-refractivity contribution in [3.63, 3.8) is 0 Å². The van der Waals surface area contributed by atoms with Gasteiger partial charge in [0.2, 0.25) is 5.88 Å². The van der Waals surface area contributed by atoms with Gasteiger partial charge in [0.05, 0.1) is 16.7 Å². The van der Waals surface area contributed by atoms with Gasteiger partial charge in [0.25, 0.3) is 0 Å². The lowest BCUT2D eigenvalue weighted by atomic mass is 10.0. The quantitative estimate of drug-likeness (QED) is 0.847.